The molecule has 0 saturated heterocycles. The molecular formula is C13H13N3O4S. The molecule has 0 unspecified atom stereocenters. The van der Waals surface area contributed by atoms with Crippen LogP contribution in [0.5, 0.6) is 5.75 Å². The molecule has 7 nitrogen and oxygen atoms in total. The topological polar surface area (TPSA) is 112 Å². The molecule has 0 saturated carbocycles. The highest BCUT2D eigenvalue weighted by atomic mass is 32.1. The molecule has 0 fully saturated rings. The zero-order chi connectivity index (χ0) is 15.6. The minimum absolute atomic E-state index is 0.0859. The van der Waals surface area contributed by atoms with Crippen molar-refractivity contribution in [2.75, 3.05) is 10.6 Å². The second-order valence-corrected chi connectivity index (χ2v) is 5.48. The van der Waals surface area contributed by atoms with Crippen LogP contribution in [0.3, 0.4) is 0 Å². The summed E-state index contributed by atoms with van der Waals surface area (Å²) in [7, 11) is 0. The highest BCUT2D eigenvalue weighted by molar-refractivity contribution is 7.15. The van der Waals surface area contributed by atoms with Crippen molar-refractivity contribution in [3.05, 3.63) is 34.3 Å². The molecule has 2 aromatic rings. The normalized spacial score (nSPS) is 10.2. The van der Waals surface area contributed by atoms with Crippen LogP contribution in [-0.4, -0.2) is 27.2 Å². The molecule has 110 valence electrons. The van der Waals surface area contributed by atoms with Gasteiger partial charge in [0.15, 0.2) is 5.13 Å². The lowest BCUT2D eigenvalue weighted by Crippen LogP contribution is -2.20. The second kappa shape index (κ2) is 5.80. The Morgan fingerprint density at radius 1 is 1.24 bits per heavy atom. The summed E-state index contributed by atoms with van der Waals surface area (Å²) in [6.45, 7) is 3.72. The lowest BCUT2D eigenvalue weighted by atomic mass is 10.1. The van der Waals surface area contributed by atoms with E-state index < -0.39 is 12.0 Å². The fourth-order valence-electron chi connectivity index (χ4n) is 1.60. The van der Waals surface area contributed by atoms with Crippen molar-refractivity contribution in [2.45, 2.75) is 13.8 Å². The van der Waals surface area contributed by atoms with Gasteiger partial charge in [0.1, 0.15) is 5.75 Å². The molecule has 2 amide bonds. The molecule has 1 aromatic heterocycles. The molecule has 0 atom stereocenters. The van der Waals surface area contributed by atoms with Gasteiger partial charge < -0.3 is 15.5 Å². The summed E-state index contributed by atoms with van der Waals surface area (Å²) in [6.07, 6.45) is 0. The van der Waals surface area contributed by atoms with Crippen molar-refractivity contribution in [3.8, 4) is 5.75 Å². The molecular weight excluding hydrogens is 294 g/mol. The van der Waals surface area contributed by atoms with Gasteiger partial charge in [-0.05, 0) is 32.0 Å². The standard InChI is InChI=1S/C13H13N3O4S/c1-6-7(2)21-13(14-6)16-12(20)15-10-4-3-8(17)5-9(10)11(18)19/h3-5,17H,1-2H3,(H,18,19)(H2,14,15,16,20). The van der Waals surface area contributed by atoms with Crippen molar-refractivity contribution < 1.29 is 19.8 Å². The van der Waals surface area contributed by atoms with E-state index in [0.29, 0.717) is 5.13 Å². The minimum atomic E-state index is -1.25. The zero-order valence-electron chi connectivity index (χ0n) is 11.3. The lowest BCUT2D eigenvalue weighted by Gasteiger charge is -2.08. The number of carboxylic acid groups (broad SMARTS) is 1. The van der Waals surface area contributed by atoms with E-state index in [1.165, 1.54) is 23.5 Å². The van der Waals surface area contributed by atoms with Gasteiger partial charge in [0.25, 0.3) is 0 Å². The fraction of sp³-hybridized carbons (Fsp3) is 0.154. The van der Waals surface area contributed by atoms with Crippen molar-refractivity contribution in [2.24, 2.45) is 0 Å². The number of carbonyl (C=O) groups excluding carboxylic acids is 1. The number of anilines is 2. The third-order valence-corrected chi connectivity index (χ3v) is 3.72. The first kappa shape index (κ1) is 14.8. The number of amides is 2. The number of aryl methyl sites for hydroxylation is 2. The van der Waals surface area contributed by atoms with Crippen LogP contribution in [0.25, 0.3) is 0 Å². The van der Waals surface area contributed by atoms with Crippen LogP contribution in [-0.2, 0) is 0 Å². The van der Waals surface area contributed by atoms with E-state index in [4.69, 9.17) is 5.11 Å². The summed E-state index contributed by atoms with van der Waals surface area (Å²) < 4.78 is 0. The Kier molecular flexibility index (Phi) is 4.08. The third-order valence-electron chi connectivity index (χ3n) is 2.73. The number of aromatic nitrogens is 1. The highest BCUT2D eigenvalue weighted by Gasteiger charge is 2.14. The number of phenols is 1. The monoisotopic (exact) mass is 307 g/mol. The van der Waals surface area contributed by atoms with Gasteiger partial charge in [0.05, 0.1) is 16.9 Å². The molecule has 0 radical (unpaired) electrons. The second-order valence-electron chi connectivity index (χ2n) is 4.27. The van der Waals surface area contributed by atoms with Crippen LogP contribution in [0.4, 0.5) is 15.6 Å². The predicted molar refractivity (Wildman–Crippen MR) is 79.3 cm³/mol. The number of phenolic OH excluding ortho intramolecular Hbond substituents is 1. The maximum Gasteiger partial charge on any atom is 0.337 e. The smallest absolute Gasteiger partial charge is 0.337 e. The van der Waals surface area contributed by atoms with E-state index in [9.17, 15) is 14.7 Å². The number of nitrogens with zero attached hydrogens (tertiary/aromatic N) is 1. The van der Waals surface area contributed by atoms with E-state index in [1.54, 1.807) is 0 Å². The summed E-state index contributed by atoms with van der Waals surface area (Å²) >= 11 is 1.33. The van der Waals surface area contributed by atoms with E-state index in [0.717, 1.165) is 16.6 Å². The molecule has 21 heavy (non-hydrogen) atoms. The number of carbonyl (C=O) groups is 2. The summed E-state index contributed by atoms with van der Waals surface area (Å²) in [5.74, 6) is -1.44. The number of urea groups is 1. The predicted octanol–water partition coefficient (Wildman–Crippen LogP) is 2.81. The van der Waals surface area contributed by atoms with Crippen molar-refractivity contribution in [1.29, 1.82) is 0 Å². The molecule has 1 heterocycles. The summed E-state index contributed by atoms with van der Waals surface area (Å²) in [4.78, 5) is 28.1. The van der Waals surface area contributed by atoms with Gasteiger partial charge in [-0.3, -0.25) is 5.32 Å². The molecule has 8 heteroatoms. The number of aromatic hydroxyl groups is 1. The minimum Gasteiger partial charge on any atom is -0.508 e. The zero-order valence-corrected chi connectivity index (χ0v) is 12.1. The Hall–Kier alpha value is -2.61. The SMILES string of the molecule is Cc1nc(NC(=O)Nc2ccc(O)cc2C(=O)O)sc1C. The van der Waals surface area contributed by atoms with E-state index in [-0.39, 0.29) is 17.0 Å². The van der Waals surface area contributed by atoms with Crippen LogP contribution >= 0.6 is 11.3 Å². The number of hydrogen-bond acceptors (Lipinski definition) is 5. The van der Waals surface area contributed by atoms with Crippen LogP contribution in [0.15, 0.2) is 18.2 Å². The van der Waals surface area contributed by atoms with Crippen LogP contribution in [0, 0.1) is 13.8 Å². The quantitative estimate of drug-likeness (QED) is 0.651. The molecule has 1 aromatic carbocycles. The maximum atomic E-state index is 11.9. The number of nitrogens with one attached hydrogen (secondary N) is 2. The Morgan fingerprint density at radius 2 is 1.95 bits per heavy atom. The first-order valence-corrected chi connectivity index (χ1v) is 6.77. The van der Waals surface area contributed by atoms with Crippen molar-refractivity contribution >= 4 is 34.2 Å². The number of rotatable bonds is 3. The van der Waals surface area contributed by atoms with E-state index >= 15 is 0 Å². The first-order chi connectivity index (χ1) is 9.86. The molecule has 2 rings (SSSR count). The first-order valence-electron chi connectivity index (χ1n) is 5.95. The molecule has 0 spiro atoms. The van der Waals surface area contributed by atoms with Crippen LogP contribution in [0.1, 0.15) is 20.9 Å². The molecule has 0 aliphatic carbocycles. The van der Waals surface area contributed by atoms with Crippen LogP contribution in [0.2, 0.25) is 0 Å². The van der Waals surface area contributed by atoms with Crippen molar-refractivity contribution in [1.82, 2.24) is 4.98 Å². The van der Waals surface area contributed by atoms with Gasteiger partial charge in [0.2, 0.25) is 0 Å². The van der Waals surface area contributed by atoms with E-state index in [1.807, 2.05) is 13.8 Å². The molecule has 0 bridgehead atoms. The highest BCUT2D eigenvalue weighted by Crippen LogP contribution is 2.23. The number of aromatic carboxylic acids is 1. The molecule has 4 N–H and O–H groups in total. The number of hydrogen-bond donors (Lipinski definition) is 4. The summed E-state index contributed by atoms with van der Waals surface area (Å²) in [5, 5.41) is 23.7. The van der Waals surface area contributed by atoms with Gasteiger partial charge in [0, 0.05) is 4.88 Å². The maximum absolute atomic E-state index is 11.9. The Labute approximate surface area is 124 Å². The number of carboxylic acids is 1. The fourth-order valence-corrected chi connectivity index (χ4v) is 2.40. The Bertz CT molecular complexity index is 692. The molecule has 0 aliphatic heterocycles. The van der Waals surface area contributed by atoms with E-state index in [2.05, 4.69) is 15.6 Å². The van der Waals surface area contributed by atoms with Gasteiger partial charge in [-0.2, -0.15) is 0 Å². The van der Waals surface area contributed by atoms with Gasteiger partial charge in [-0.25, -0.2) is 14.6 Å². The average Bonchev–Trinajstić information content (AvgIpc) is 2.70. The van der Waals surface area contributed by atoms with Gasteiger partial charge in [-0.1, -0.05) is 0 Å². The molecule has 0 aliphatic rings. The lowest BCUT2D eigenvalue weighted by molar-refractivity contribution is 0.0697. The van der Waals surface area contributed by atoms with Crippen LogP contribution < -0.4 is 10.6 Å². The largest absolute Gasteiger partial charge is 0.508 e. The Balaban J connectivity index is 2.14. The Morgan fingerprint density at radius 3 is 2.52 bits per heavy atom. The van der Waals surface area contributed by atoms with Crippen molar-refractivity contribution in [3.63, 3.8) is 0 Å². The summed E-state index contributed by atoms with van der Waals surface area (Å²) in [6, 6.07) is 3.07. The third kappa shape index (κ3) is 3.48. The number of thiazole rings is 1. The average molecular weight is 307 g/mol. The van der Waals surface area contributed by atoms with Gasteiger partial charge >= 0.3 is 12.0 Å². The summed E-state index contributed by atoms with van der Waals surface area (Å²) in [5.41, 5.74) is 0.714. The van der Waals surface area contributed by atoms with Gasteiger partial charge in [-0.15, -0.1) is 11.3 Å². The number of benzene rings is 1.